The van der Waals surface area contributed by atoms with E-state index in [-0.39, 0.29) is 0 Å². The lowest BCUT2D eigenvalue weighted by Crippen LogP contribution is -2.02. The molecule has 0 spiro atoms. The molecule has 0 aromatic rings. The van der Waals surface area contributed by atoms with Crippen LogP contribution < -0.4 is 0 Å². The number of hydrogen-bond donors (Lipinski definition) is 0. The molecule has 0 aromatic heterocycles. The Morgan fingerprint density at radius 3 is 3.20 bits per heavy atom. The second-order valence-electron chi connectivity index (χ2n) is 2.54. The first kappa shape index (κ1) is 7.30. The Labute approximate surface area is 62.0 Å². The van der Waals surface area contributed by atoms with E-state index in [2.05, 4.69) is 21.9 Å². The molecule has 54 valence electrons. The Balaban J connectivity index is 2.09. The SMILES string of the molecule is C#[N+]CC1CN1C/C=C/C. The molecule has 0 radical (unpaired) electrons. The van der Waals surface area contributed by atoms with Crippen LogP contribution in [-0.4, -0.2) is 30.6 Å². The first-order valence-corrected chi connectivity index (χ1v) is 3.60. The summed E-state index contributed by atoms with van der Waals surface area (Å²) in [5.41, 5.74) is 0. The third kappa shape index (κ3) is 1.85. The average Bonchev–Trinajstić information content (AvgIpc) is 2.65. The minimum absolute atomic E-state index is 0.626. The first-order chi connectivity index (χ1) is 4.88. The van der Waals surface area contributed by atoms with Crippen molar-refractivity contribution in [2.75, 3.05) is 19.6 Å². The second kappa shape index (κ2) is 3.38. The molecule has 0 saturated carbocycles. The molecule has 0 amide bonds. The smallest absolute Gasteiger partial charge is 0.279 e. The van der Waals surface area contributed by atoms with Gasteiger partial charge in [-0.3, -0.25) is 4.90 Å². The summed E-state index contributed by atoms with van der Waals surface area (Å²) in [6.07, 6.45) is 4.21. The number of hydrogen-bond acceptors (Lipinski definition) is 1. The molecule has 2 unspecified atom stereocenters. The van der Waals surface area contributed by atoms with Crippen LogP contribution in [0.25, 0.3) is 4.85 Å². The van der Waals surface area contributed by atoms with E-state index >= 15 is 0 Å². The van der Waals surface area contributed by atoms with Crippen LogP contribution in [0.5, 0.6) is 0 Å². The van der Waals surface area contributed by atoms with Crippen molar-refractivity contribution in [3.8, 4) is 6.57 Å². The van der Waals surface area contributed by atoms with E-state index < -0.39 is 0 Å². The Hall–Kier alpha value is -0.810. The lowest BCUT2D eigenvalue weighted by atomic mass is 10.5. The predicted molar refractivity (Wildman–Crippen MR) is 43.3 cm³/mol. The highest BCUT2D eigenvalue weighted by Crippen LogP contribution is 2.16. The summed E-state index contributed by atoms with van der Waals surface area (Å²) in [5, 5.41) is 0. The van der Waals surface area contributed by atoms with Crippen LogP contribution in [-0.2, 0) is 0 Å². The molecular formula is C8H13N2+. The van der Waals surface area contributed by atoms with Gasteiger partial charge in [0.05, 0.1) is 0 Å². The summed E-state index contributed by atoms with van der Waals surface area (Å²) in [5.74, 6) is 0. The van der Waals surface area contributed by atoms with Crippen molar-refractivity contribution >= 4 is 0 Å². The van der Waals surface area contributed by atoms with Crippen LogP contribution in [0.4, 0.5) is 0 Å². The van der Waals surface area contributed by atoms with Gasteiger partial charge in [-0.1, -0.05) is 17.0 Å². The highest BCUT2D eigenvalue weighted by atomic mass is 15.3. The highest BCUT2D eigenvalue weighted by molar-refractivity contribution is 4.99. The van der Waals surface area contributed by atoms with E-state index in [1.165, 1.54) is 0 Å². The van der Waals surface area contributed by atoms with Crippen molar-refractivity contribution in [1.82, 2.24) is 4.90 Å². The van der Waals surface area contributed by atoms with Gasteiger partial charge in [0.15, 0.2) is 0 Å². The van der Waals surface area contributed by atoms with E-state index in [0.29, 0.717) is 6.04 Å². The van der Waals surface area contributed by atoms with Crippen LogP contribution in [0.1, 0.15) is 6.92 Å². The normalized spacial score (nSPS) is 30.4. The lowest BCUT2D eigenvalue weighted by Gasteiger charge is -1.90. The molecule has 2 atom stereocenters. The fourth-order valence-corrected chi connectivity index (χ4v) is 0.983. The van der Waals surface area contributed by atoms with Crippen LogP contribution >= 0.6 is 0 Å². The van der Waals surface area contributed by atoms with Gasteiger partial charge in [0, 0.05) is 13.1 Å². The maximum absolute atomic E-state index is 5.04. The van der Waals surface area contributed by atoms with Gasteiger partial charge in [-0.15, -0.1) is 0 Å². The Morgan fingerprint density at radius 2 is 2.60 bits per heavy atom. The fraction of sp³-hybridized carbons (Fsp3) is 0.625. The maximum atomic E-state index is 5.04. The second-order valence-corrected chi connectivity index (χ2v) is 2.54. The van der Waals surface area contributed by atoms with Gasteiger partial charge >= 0.3 is 0 Å². The van der Waals surface area contributed by atoms with Gasteiger partial charge in [-0.05, 0) is 6.92 Å². The van der Waals surface area contributed by atoms with Crippen molar-refractivity contribution in [2.45, 2.75) is 13.0 Å². The summed E-state index contributed by atoms with van der Waals surface area (Å²) >= 11 is 0. The van der Waals surface area contributed by atoms with Crippen LogP contribution in [0, 0.1) is 6.57 Å². The summed E-state index contributed by atoms with van der Waals surface area (Å²) in [6.45, 7) is 10.1. The molecule has 1 saturated heterocycles. The first-order valence-electron chi connectivity index (χ1n) is 3.60. The Kier molecular flexibility index (Phi) is 2.47. The zero-order valence-electron chi connectivity index (χ0n) is 6.33. The molecule has 1 fully saturated rings. The maximum Gasteiger partial charge on any atom is 0.279 e. The summed E-state index contributed by atoms with van der Waals surface area (Å²) in [7, 11) is 0. The van der Waals surface area contributed by atoms with Crippen LogP contribution in [0.15, 0.2) is 12.2 Å². The van der Waals surface area contributed by atoms with E-state index in [9.17, 15) is 0 Å². The van der Waals surface area contributed by atoms with Crippen molar-refractivity contribution in [1.29, 1.82) is 0 Å². The van der Waals surface area contributed by atoms with Crippen molar-refractivity contribution < 1.29 is 0 Å². The molecular weight excluding hydrogens is 124 g/mol. The van der Waals surface area contributed by atoms with Gasteiger partial charge in [0.1, 0.15) is 6.04 Å². The van der Waals surface area contributed by atoms with Gasteiger partial charge in [0.25, 0.3) is 13.1 Å². The zero-order valence-corrected chi connectivity index (χ0v) is 6.33. The third-order valence-electron chi connectivity index (χ3n) is 1.72. The molecule has 1 heterocycles. The summed E-state index contributed by atoms with van der Waals surface area (Å²) in [6, 6.07) is 0.626. The molecule has 1 aliphatic rings. The zero-order chi connectivity index (χ0) is 7.40. The third-order valence-corrected chi connectivity index (χ3v) is 1.72. The van der Waals surface area contributed by atoms with E-state index in [0.717, 1.165) is 19.6 Å². The number of allylic oxidation sites excluding steroid dienone is 1. The molecule has 2 heteroatoms. The fourth-order valence-electron chi connectivity index (χ4n) is 0.983. The standard InChI is InChI=1S/C8H13N2/c1-3-4-5-10-7-8(10)6-9-2/h2-4,8H,5-7H2,1H3/q+1/b4-3+. The summed E-state index contributed by atoms with van der Waals surface area (Å²) < 4.78 is 0. The molecule has 10 heavy (non-hydrogen) atoms. The Bertz CT molecular complexity index is 167. The molecule has 0 aromatic carbocycles. The van der Waals surface area contributed by atoms with Crippen molar-refractivity contribution in [3.63, 3.8) is 0 Å². The minimum Gasteiger partial charge on any atom is -0.287 e. The number of nitrogens with zero attached hydrogens (tertiary/aromatic N) is 2. The van der Waals surface area contributed by atoms with Crippen molar-refractivity contribution in [3.05, 3.63) is 17.0 Å². The lowest BCUT2D eigenvalue weighted by molar-refractivity contribution is 0.574. The van der Waals surface area contributed by atoms with Crippen LogP contribution in [0.2, 0.25) is 0 Å². The average molecular weight is 137 g/mol. The van der Waals surface area contributed by atoms with E-state index in [1.54, 1.807) is 0 Å². The number of rotatable bonds is 3. The summed E-state index contributed by atoms with van der Waals surface area (Å²) in [4.78, 5) is 5.92. The minimum atomic E-state index is 0.626. The molecule has 0 N–H and O–H groups in total. The quantitative estimate of drug-likeness (QED) is 0.419. The molecule has 1 aliphatic heterocycles. The van der Waals surface area contributed by atoms with E-state index in [4.69, 9.17) is 6.57 Å². The van der Waals surface area contributed by atoms with Crippen molar-refractivity contribution in [2.24, 2.45) is 0 Å². The van der Waals surface area contributed by atoms with Gasteiger partial charge in [0.2, 0.25) is 0 Å². The monoisotopic (exact) mass is 137 g/mol. The molecule has 1 rings (SSSR count). The predicted octanol–water partition coefficient (Wildman–Crippen LogP) is 1.21. The topological polar surface area (TPSA) is 7.37 Å². The van der Waals surface area contributed by atoms with Gasteiger partial charge < -0.3 is 0 Å². The van der Waals surface area contributed by atoms with Gasteiger partial charge in [-0.25, -0.2) is 0 Å². The molecule has 0 bridgehead atoms. The highest BCUT2D eigenvalue weighted by Gasteiger charge is 2.36. The van der Waals surface area contributed by atoms with E-state index in [1.807, 2.05) is 6.92 Å². The van der Waals surface area contributed by atoms with Crippen LogP contribution in [0.3, 0.4) is 0 Å². The van der Waals surface area contributed by atoms with Gasteiger partial charge in [-0.2, -0.15) is 0 Å². The largest absolute Gasteiger partial charge is 0.287 e. The Morgan fingerprint density at radius 1 is 1.80 bits per heavy atom. The molecule has 2 nitrogen and oxygen atoms in total. The molecule has 0 aliphatic carbocycles.